The second-order valence-corrected chi connectivity index (χ2v) is 7.77. The van der Waals surface area contributed by atoms with Crippen LogP contribution in [0.25, 0.3) is 5.65 Å². The van der Waals surface area contributed by atoms with Crippen molar-refractivity contribution in [3.8, 4) is 0 Å². The van der Waals surface area contributed by atoms with E-state index in [9.17, 15) is 0 Å². The van der Waals surface area contributed by atoms with Crippen molar-refractivity contribution in [2.45, 2.75) is 31.3 Å². The number of nitrogens with zero attached hydrogens (tertiary/aromatic N) is 8. The van der Waals surface area contributed by atoms with Crippen LogP contribution in [0.2, 0.25) is 0 Å². The molecule has 4 heterocycles. The van der Waals surface area contributed by atoms with Crippen LogP contribution in [0.15, 0.2) is 17.3 Å². The Morgan fingerprint density at radius 1 is 0.963 bits per heavy atom. The molecule has 1 aliphatic heterocycles. The molecular weight excluding hydrogens is 360 g/mol. The smallest absolute Gasteiger partial charge is 0.189 e. The fourth-order valence-electron chi connectivity index (χ4n) is 3.95. The van der Waals surface area contributed by atoms with Gasteiger partial charge in [-0.3, -0.25) is 0 Å². The van der Waals surface area contributed by atoms with Crippen molar-refractivity contribution in [3.05, 3.63) is 29.2 Å². The van der Waals surface area contributed by atoms with Crippen molar-refractivity contribution < 1.29 is 0 Å². The second kappa shape index (κ2) is 6.63. The molecule has 0 aromatic carbocycles. The summed E-state index contributed by atoms with van der Waals surface area (Å²) in [5.74, 6) is 2.94. The van der Waals surface area contributed by atoms with Gasteiger partial charge in [0.15, 0.2) is 16.6 Å². The zero-order valence-corrected chi connectivity index (χ0v) is 16.4. The Kier molecular flexibility index (Phi) is 4.11. The van der Waals surface area contributed by atoms with E-state index >= 15 is 0 Å². The van der Waals surface area contributed by atoms with E-state index in [0.717, 1.165) is 67.3 Å². The Morgan fingerprint density at radius 2 is 1.78 bits per heavy atom. The maximum absolute atomic E-state index is 4.85. The van der Waals surface area contributed by atoms with Crippen LogP contribution < -0.4 is 9.80 Å². The maximum Gasteiger partial charge on any atom is 0.189 e. The summed E-state index contributed by atoms with van der Waals surface area (Å²) in [6, 6.07) is 4.02. The quantitative estimate of drug-likeness (QED) is 0.501. The minimum absolute atomic E-state index is 0.788. The molecule has 0 atom stereocenters. The van der Waals surface area contributed by atoms with Crippen molar-refractivity contribution in [2.24, 2.45) is 0 Å². The van der Waals surface area contributed by atoms with Gasteiger partial charge in [-0.05, 0) is 44.6 Å². The van der Waals surface area contributed by atoms with Crippen molar-refractivity contribution in [1.29, 1.82) is 0 Å². The fourth-order valence-corrected chi connectivity index (χ4v) is 4.33. The third-order valence-corrected chi connectivity index (χ3v) is 5.93. The molecule has 0 N–H and O–H groups in total. The molecule has 9 heteroatoms. The highest BCUT2D eigenvalue weighted by Gasteiger charge is 2.26. The van der Waals surface area contributed by atoms with Crippen LogP contribution in [0.1, 0.15) is 23.5 Å². The van der Waals surface area contributed by atoms with Crippen LogP contribution in [0, 0.1) is 6.92 Å². The highest BCUT2D eigenvalue weighted by molar-refractivity contribution is 7.98. The molecule has 0 spiro atoms. The predicted molar refractivity (Wildman–Crippen MR) is 106 cm³/mol. The highest BCUT2D eigenvalue weighted by Crippen LogP contribution is 2.31. The predicted octanol–water partition coefficient (Wildman–Crippen LogP) is 1.76. The van der Waals surface area contributed by atoms with Crippen molar-refractivity contribution >= 4 is 29.0 Å². The standard InChI is InChI=1S/C18H22N8S/c1-12-21-22-15-6-7-16(23-26(12)15)24-8-10-25(11-9-24)17-13-4-3-5-14(13)19-18(20-17)27-2/h6-7H,3-5,8-11H2,1-2H3. The van der Waals surface area contributed by atoms with Crippen LogP contribution in [0.5, 0.6) is 0 Å². The molecule has 0 amide bonds. The minimum atomic E-state index is 0.788. The van der Waals surface area contributed by atoms with E-state index in [0.29, 0.717) is 0 Å². The monoisotopic (exact) mass is 382 g/mol. The number of fused-ring (bicyclic) bond motifs is 2. The van der Waals surface area contributed by atoms with Crippen LogP contribution in [0.3, 0.4) is 0 Å². The molecule has 0 bridgehead atoms. The lowest BCUT2D eigenvalue weighted by molar-refractivity contribution is 0.629. The molecule has 27 heavy (non-hydrogen) atoms. The molecule has 3 aromatic heterocycles. The van der Waals surface area contributed by atoms with Crippen LogP contribution in [0.4, 0.5) is 11.6 Å². The number of aromatic nitrogens is 6. The van der Waals surface area contributed by atoms with Crippen LogP contribution >= 0.6 is 11.8 Å². The zero-order valence-electron chi connectivity index (χ0n) is 15.6. The van der Waals surface area contributed by atoms with Crippen LogP contribution in [-0.4, -0.2) is 62.2 Å². The summed E-state index contributed by atoms with van der Waals surface area (Å²) in [5, 5.41) is 13.8. The maximum atomic E-state index is 4.85. The summed E-state index contributed by atoms with van der Waals surface area (Å²) < 4.78 is 1.81. The van der Waals surface area contributed by atoms with Gasteiger partial charge in [-0.25, -0.2) is 9.97 Å². The first kappa shape index (κ1) is 16.7. The number of hydrogen-bond donors (Lipinski definition) is 0. The van der Waals surface area contributed by atoms with E-state index < -0.39 is 0 Å². The molecule has 3 aromatic rings. The molecule has 8 nitrogen and oxygen atoms in total. The second-order valence-electron chi connectivity index (χ2n) is 7.00. The summed E-state index contributed by atoms with van der Waals surface area (Å²) in [7, 11) is 0. The first-order chi connectivity index (χ1) is 13.2. The number of piperazine rings is 1. The molecule has 1 saturated heterocycles. The third-order valence-electron chi connectivity index (χ3n) is 5.38. The number of rotatable bonds is 3. The van der Waals surface area contributed by atoms with Gasteiger partial charge in [0.25, 0.3) is 0 Å². The molecular formula is C18H22N8S. The number of aryl methyl sites for hydroxylation is 2. The molecule has 0 unspecified atom stereocenters. The molecule has 0 saturated carbocycles. The Hall–Kier alpha value is -2.42. The molecule has 140 valence electrons. The summed E-state index contributed by atoms with van der Waals surface area (Å²) in [5.41, 5.74) is 3.40. The van der Waals surface area contributed by atoms with Gasteiger partial charge in [0.1, 0.15) is 11.6 Å². The lowest BCUT2D eigenvalue weighted by Gasteiger charge is -2.36. The average Bonchev–Trinajstić information content (AvgIpc) is 3.34. The lowest BCUT2D eigenvalue weighted by atomic mass is 10.2. The molecule has 2 aliphatic rings. The Labute approximate surface area is 162 Å². The normalized spacial score (nSPS) is 17.0. The van der Waals surface area contributed by atoms with Gasteiger partial charge in [-0.2, -0.15) is 4.52 Å². The molecule has 5 rings (SSSR count). The largest absolute Gasteiger partial charge is 0.353 e. The SMILES string of the molecule is CSc1nc2c(c(N3CCN(c4ccc5nnc(C)n5n4)CC3)n1)CCC2. The van der Waals surface area contributed by atoms with Crippen molar-refractivity contribution in [2.75, 3.05) is 42.2 Å². The number of thioether (sulfide) groups is 1. The lowest BCUT2D eigenvalue weighted by Crippen LogP contribution is -2.47. The number of anilines is 2. The van der Waals surface area contributed by atoms with Gasteiger partial charge in [0, 0.05) is 31.7 Å². The summed E-state index contributed by atoms with van der Waals surface area (Å²) in [6.45, 7) is 5.66. The Bertz CT molecular complexity index is 992. The molecule has 1 fully saturated rings. The average molecular weight is 382 g/mol. The van der Waals surface area contributed by atoms with E-state index in [1.54, 1.807) is 11.8 Å². The third kappa shape index (κ3) is 2.90. The molecule has 0 radical (unpaired) electrons. The van der Waals surface area contributed by atoms with Gasteiger partial charge in [-0.15, -0.1) is 15.3 Å². The Morgan fingerprint density at radius 3 is 2.59 bits per heavy atom. The van der Waals surface area contributed by atoms with Crippen molar-refractivity contribution in [1.82, 2.24) is 29.8 Å². The van der Waals surface area contributed by atoms with Crippen molar-refractivity contribution in [3.63, 3.8) is 0 Å². The summed E-state index contributed by atoms with van der Waals surface area (Å²) >= 11 is 1.63. The number of hydrogen-bond acceptors (Lipinski definition) is 8. The first-order valence-corrected chi connectivity index (χ1v) is 10.6. The van der Waals surface area contributed by atoms with E-state index in [1.165, 1.54) is 17.7 Å². The fraction of sp³-hybridized carbons (Fsp3) is 0.500. The van der Waals surface area contributed by atoms with Gasteiger partial charge in [0.2, 0.25) is 0 Å². The van der Waals surface area contributed by atoms with E-state index in [4.69, 9.17) is 15.1 Å². The van der Waals surface area contributed by atoms with Gasteiger partial charge < -0.3 is 9.80 Å². The minimum Gasteiger partial charge on any atom is -0.353 e. The highest BCUT2D eigenvalue weighted by atomic mass is 32.2. The summed E-state index contributed by atoms with van der Waals surface area (Å²) in [6.07, 6.45) is 5.43. The Balaban J connectivity index is 1.37. The van der Waals surface area contributed by atoms with Gasteiger partial charge >= 0.3 is 0 Å². The summed E-state index contributed by atoms with van der Waals surface area (Å²) in [4.78, 5) is 14.3. The van der Waals surface area contributed by atoms with E-state index in [1.807, 2.05) is 29.8 Å². The first-order valence-electron chi connectivity index (χ1n) is 9.35. The van der Waals surface area contributed by atoms with Gasteiger partial charge in [0.05, 0.1) is 5.69 Å². The topological polar surface area (TPSA) is 75.3 Å². The van der Waals surface area contributed by atoms with E-state index in [2.05, 4.69) is 20.0 Å². The van der Waals surface area contributed by atoms with Crippen LogP contribution in [-0.2, 0) is 12.8 Å². The zero-order chi connectivity index (χ0) is 18.4. The van der Waals surface area contributed by atoms with E-state index in [-0.39, 0.29) is 0 Å². The molecule has 1 aliphatic carbocycles. The van der Waals surface area contributed by atoms with Gasteiger partial charge in [-0.1, -0.05) is 11.8 Å².